The molecule has 0 unspecified atom stereocenters. The van der Waals surface area contributed by atoms with Gasteiger partial charge < -0.3 is 4.90 Å². The lowest BCUT2D eigenvalue weighted by Gasteiger charge is -2.36. The molecular formula is C17H23N7O. The smallest absolute Gasteiger partial charge is 0.246 e. The number of hydrogen-bond acceptors (Lipinski definition) is 6. The van der Waals surface area contributed by atoms with Gasteiger partial charge in [0.05, 0.1) is 0 Å². The third-order valence-corrected chi connectivity index (χ3v) is 5.15. The first-order chi connectivity index (χ1) is 12.2. The van der Waals surface area contributed by atoms with E-state index in [2.05, 4.69) is 37.2 Å². The fraction of sp³-hybridized carbons (Fsp3) is 0.647. The molecule has 2 aromatic rings. The Morgan fingerprint density at radius 3 is 2.56 bits per heavy atom. The first kappa shape index (κ1) is 16.1. The predicted molar refractivity (Wildman–Crippen MR) is 90.1 cm³/mol. The van der Waals surface area contributed by atoms with Crippen LogP contribution in [0.15, 0.2) is 18.6 Å². The molecule has 2 fully saturated rings. The number of amides is 1. The minimum Gasteiger partial charge on any atom is -0.335 e. The molecule has 132 valence electrons. The number of hydrogen-bond donors (Lipinski definition) is 0. The van der Waals surface area contributed by atoms with Gasteiger partial charge in [-0.3, -0.25) is 4.79 Å². The highest BCUT2D eigenvalue weighted by molar-refractivity contribution is 5.77. The maximum Gasteiger partial charge on any atom is 0.246 e. The monoisotopic (exact) mass is 341 g/mol. The van der Waals surface area contributed by atoms with Gasteiger partial charge in [0, 0.05) is 18.3 Å². The molecule has 0 aliphatic heterocycles. The second-order valence-electron chi connectivity index (χ2n) is 7.18. The number of aromatic nitrogens is 6. The molecule has 25 heavy (non-hydrogen) atoms. The highest BCUT2D eigenvalue weighted by atomic mass is 16.2. The summed E-state index contributed by atoms with van der Waals surface area (Å²) in [5.74, 6) is 1.30. The van der Waals surface area contributed by atoms with Gasteiger partial charge >= 0.3 is 0 Å². The van der Waals surface area contributed by atoms with Crippen LogP contribution in [0.3, 0.4) is 0 Å². The fourth-order valence-corrected chi connectivity index (χ4v) is 3.62. The summed E-state index contributed by atoms with van der Waals surface area (Å²) in [5.41, 5.74) is 0.606. The summed E-state index contributed by atoms with van der Waals surface area (Å²) in [5, 5.41) is 12.3. The minimum atomic E-state index is 0.105. The van der Waals surface area contributed by atoms with E-state index >= 15 is 0 Å². The highest BCUT2D eigenvalue weighted by Gasteiger charge is 2.38. The summed E-state index contributed by atoms with van der Waals surface area (Å²) < 4.78 is 0. The van der Waals surface area contributed by atoms with Crippen molar-refractivity contribution in [1.29, 1.82) is 0 Å². The lowest BCUT2D eigenvalue weighted by molar-refractivity contribution is -0.136. The number of carbonyl (C=O) groups excluding carboxylic acids is 1. The van der Waals surface area contributed by atoms with E-state index in [4.69, 9.17) is 0 Å². The zero-order valence-electron chi connectivity index (χ0n) is 14.5. The van der Waals surface area contributed by atoms with Crippen LogP contribution in [0.2, 0.25) is 0 Å². The van der Waals surface area contributed by atoms with E-state index in [1.165, 1.54) is 24.0 Å². The third-order valence-electron chi connectivity index (χ3n) is 5.15. The molecule has 0 N–H and O–H groups in total. The Kier molecular flexibility index (Phi) is 4.42. The normalized spacial score (nSPS) is 23.4. The Hall–Kier alpha value is -2.38. The summed E-state index contributed by atoms with van der Waals surface area (Å²) in [7, 11) is 0. The number of carbonyl (C=O) groups is 1. The van der Waals surface area contributed by atoms with Crippen LogP contribution in [0.1, 0.15) is 45.4 Å². The van der Waals surface area contributed by atoms with Crippen molar-refractivity contribution in [3.63, 3.8) is 0 Å². The van der Waals surface area contributed by atoms with Crippen LogP contribution < -0.4 is 0 Å². The molecule has 0 atom stereocenters. The van der Waals surface area contributed by atoms with E-state index in [9.17, 15) is 4.79 Å². The maximum absolute atomic E-state index is 12.9. The molecule has 2 aliphatic rings. The molecule has 0 bridgehead atoms. The summed E-state index contributed by atoms with van der Waals surface area (Å²) in [6, 6.07) is 2.51. The Labute approximate surface area is 146 Å². The van der Waals surface area contributed by atoms with Crippen molar-refractivity contribution < 1.29 is 4.79 Å². The number of nitrogens with zero attached hydrogens (tertiary/aromatic N) is 7. The SMILES string of the molecule is CC1CCC(N(C(=O)Cn2nnc(-c3ccncn3)n2)C2CC2)CC1. The fourth-order valence-electron chi connectivity index (χ4n) is 3.62. The maximum atomic E-state index is 12.9. The van der Waals surface area contributed by atoms with Crippen molar-refractivity contribution >= 4 is 5.91 Å². The van der Waals surface area contributed by atoms with Crippen LogP contribution in [0.4, 0.5) is 0 Å². The zero-order valence-corrected chi connectivity index (χ0v) is 14.5. The van der Waals surface area contributed by atoms with Gasteiger partial charge in [-0.25, -0.2) is 9.97 Å². The quantitative estimate of drug-likeness (QED) is 0.822. The summed E-state index contributed by atoms with van der Waals surface area (Å²) in [6.45, 7) is 2.44. The Morgan fingerprint density at radius 1 is 1.20 bits per heavy atom. The van der Waals surface area contributed by atoms with Gasteiger partial charge in [0.15, 0.2) is 0 Å². The molecule has 0 spiro atoms. The molecular weight excluding hydrogens is 318 g/mol. The highest BCUT2D eigenvalue weighted by Crippen LogP contribution is 2.35. The van der Waals surface area contributed by atoms with Crippen molar-refractivity contribution in [1.82, 2.24) is 35.1 Å². The van der Waals surface area contributed by atoms with Gasteiger partial charge in [-0.15, -0.1) is 10.2 Å². The largest absolute Gasteiger partial charge is 0.335 e. The second-order valence-corrected chi connectivity index (χ2v) is 7.18. The average Bonchev–Trinajstić information content (AvgIpc) is 3.35. The van der Waals surface area contributed by atoms with Gasteiger partial charge in [-0.1, -0.05) is 6.92 Å². The van der Waals surface area contributed by atoms with Crippen molar-refractivity contribution in [2.45, 2.75) is 64.1 Å². The van der Waals surface area contributed by atoms with Crippen molar-refractivity contribution in [2.24, 2.45) is 5.92 Å². The summed E-state index contributed by atoms with van der Waals surface area (Å²) in [4.78, 5) is 24.4. The Balaban J connectivity index is 1.44. The molecule has 1 amide bonds. The van der Waals surface area contributed by atoms with E-state index in [0.29, 0.717) is 23.6 Å². The summed E-state index contributed by atoms with van der Waals surface area (Å²) >= 11 is 0. The van der Waals surface area contributed by atoms with Gasteiger partial charge in [-0.05, 0) is 55.7 Å². The third kappa shape index (κ3) is 3.67. The topological polar surface area (TPSA) is 89.7 Å². The summed E-state index contributed by atoms with van der Waals surface area (Å²) in [6.07, 6.45) is 9.96. The zero-order chi connectivity index (χ0) is 17.2. The molecule has 8 nitrogen and oxygen atoms in total. The molecule has 0 radical (unpaired) electrons. The van der Waals surface area contributed by atoms with Crippen LogP contribution in [0.25, 0.3) is 11.5 Å². The van der Waals surface area contributed by atoms with E-state index in [0.717, 1.165) is 31.6 Å². The Bertz CT molecular complexity index is 720. The first-order valence-electron chi connectivity index (χ1n) is 9.06. The van der Waals surface area contributed by atoms with Crippen LogP contribution in [-0.4, -0.2) is 53.1 Å². The Morgan fingerprint density at radius 2 is 1.92 bits per heavy atom. The lowest BCUT2D eigenvalue weighted by Crippen LogP contribution is -2.45. The minimum absolute atomic E-state index is 0.105. The van der Waals surface area contributed by atoms with Gasteiger partial charge in [0.1, 0.15) is 18.6 Å². The lowest BCUT2D eigenvalue weighted by atomic mass is 9.86. The molecule has 2 saturated carbocycles. The molecule has 0 aromatic carbocycles. The van der Waals surface area contributed by atoms with E-state index in [1.54, 1.807) is 12.3 Å². The van der Waals surface area contributed by atoms with Gasteiger partial charge in [0.25, 0.3) is 0 Å². The predicted octanol–water partition coefficient (Wildman–Crippen LogP) is 1.70. The molecule has 4 rings (SSSR count). The number of rotatable bonds is 5. The van der Waals surface area contributed by atoms with Gasteiger partial charge in [0.2, 0.25) is 11.7 Å². The van der Waals surface area contributed by atoms with E-state index in [1.807, 2.05) is 0 Å². The van der Waals surface area contributed by atoms with Crippen molar-refractivity contribution in [3.8, 4) is 11.5 Å². The van der Waals surface area contributed by atoms with Crippen LogP contribution in [0, 0.1) is 5.92 Å². The second kappa shape index (κ2) is 6.85. The molecule has 0 saturated heterocycles. The van der Waals surface area contributed by atoms with Crippen molar-refractivity contribution in [2.75, 3.05) is 0 Å². The molecule has 2 aliphatic carbocycles. The number of tetrazole rings is 1. The van der Waals surface area contributed by atoms with Crippen LogP contribution in [0.5, 0.6) is 0 Å². The first-order valence-corrected chi connectivity index (χ1v) is 9.06. The average molecular weight is 341 g/mol. The molecule has 2 aromatic heterocycles. The van der Waals surface area contributed by atoms with E-state index < -0.39 is 0 Å². The molecule has 8 heteroatoms. The van der Waals surface area contributed by atoms with Crippen LogP contribution in [-0.2, 0) is 11.3 Å². The molecule has 2 heterocycles. The van der Waals surface area contributed by atoms with Crippen LogP contribution >= 0.6 is 0 Å². The van der Waals surface area contributed by atoms with E-state index in [-0.39, 0.29) is 12.5 Å². The van der Waals surface area contributed by atoms with Crippen molar-refractivity contribution in [3.05, 3.63) is 18.6 Å². The standard InChI is InChI=1S/C17H23N7O/c1-12-2-4-13(5-3-12)24(14-6-7-14)16(25)10-23-21-17(20-22-23)15-8-9-18-11-19-15/h8-9,11-14H,2-7,10H2,1H3. The van der Waals surface area contributed by atoms with Gasteiger partial charge in [-0.2, -0.15) is 4.80 Å².